The summed E-state index contributed by atoms with van der Waals surface area (Å²) < 4.78 is 8.22. The fraction of sp³-hybridized carbons (Fsp3) is 0.231. The average molecular weight is 514 g/mol. The minimum atomic E-state index is -0.465. The molecule has 0 spiro atoms. The summed E-state index contributed by atoms with van der Waals surface area (Å²) in [7, 11) is 3.38. The van der Waals surface area contributed by atoms with E-state index in [-0.39, 0.29) is 11.1 Å². The molecule has 2 amide bonds. The van der Waals surface area contributed by atoms with Gasteiger partial charge < -0.3 is 20.5 Å². The van der Waals surface area contributed by atoms with Gasteiger partial charge in [0.05, 0.1) is 23.0 Å². The van der Waals surface area contributed by atoms with Crippen molar-refractivity contribution in [3.05, 3.63) is 65.5 Å². The van der Waals surface area contributed by atoms with E-state index >= 15 is 0 Å². The quantitative estimate of drug-likeness (QED) is 0.316. The number of urea groups is 1. The van der Waals surface area contributed by atoms with E-state index in [1.54, 1.807) is 55.4 Å². The Kier molecular flexibility index (Phi) is 6.15. The molecule has 0 fully saturated rings. The van der Waals surface area contributed by atoms with E-state index in [1.165, 1.54) is 17.0 Å². The van der Waals surface area contributed by atoms with E-state index in [9.17, 15) is 9.59 Å². The summed E-state index contributed by atoms with van der Waals surface area (Å²) in [6, 6.07) is 8.36. The molecule has 3 N–H and O–H groups in total. The highest BCUT2D eigenvalue weighted by molar-refractivity contribution is 6.02. The van der Waals surface area contributed by atoms with Crippen molar-refractivity contribution >= 4 is 34.4 Å². The number of fused-ring (bicyclic) bond motifs is 1. The standard InChI is InChI=1S/C26H27N9O3/c1-26(2,3)35-13-20(21(33-35)17-12-29-38-14-17)31-25(37)30-18-8-6-7-15(9-18)19-10-16-11-28-24(27-4)32-22(16)34(5)23(19)36/h6-14H,1-5H3,(H,27,28,32)(H2,30,31,37). The minimum absolute atomic E-state index is 0.215. The van der Waals surface area contributed by atoms with Gasteiger partial charge in [0.2, 0.25) is 5.95 Å². The van der Waals surface area contributed by atoms with E-state index in [0.717, 1.165) is 0 Å². The number of amides is 2. The summed E-state index contributed by atoms with van der Waals surface area (Å²) >= 11 is 0. The van der Waals surface area contributed by atoms with E-state index in [2.05, 4.69) is 36.2 Å². The molecule has 0 saturated heterocycles. The van der Waals surface area contributed by atoms with Gasteiger partial charge in [0.1, 0.15) is 17.6 Å². The Morgan fingerprint density at radius 3 is 2.61 bits per heavy atom. The number of hydrogen-bond donors (Lipinski definition) is 3. The highest BCUT2D eigenvalue weighted by atomic mass is 16.5. The Bertz CT molecular complexity index is 1700. The predicted molar refractivity (Wildman–Crippen MR) is 145 cm³/mol. The van der Waals surface area contributed by atoms with Gasteiger partial charge in [-0.05, 0) is 44.5 Å². The van der Waals surface area contributed by atoms with Crippen LogP contribution in [0, 0.1) is 0 Å². The number of anilines is 3. The molecule has 1 aromatic carbocycles. The summed E-state index contributed by atoms with van der Waals surface area (Å²) in [4.78, 5) is 34.8. The van der Waals surface area contributed by atoms with Crippen LogP contribution in [0.3, 0.4) is 0 Å². The zero-order valence-corrected chi connectivity index (χ0v) is 21.6. The molecule has 0 aliphatic rings. The van der Waals surface area contributed by atoms with Gasteiger partial charge in [0.25, 0.3) is 5.56 Å². The lowest BCUT2D eigenvalue weighted by Gasteiger charge is -2.18. The Hall–Kier alpha value is -5.00. The monoisotopic (exact) mass is 513 g/mol. The number of benzene rings is 1. The van der Waals surface area contributed by atoms with Crippen molar-refractivity contribution in [3.8, 4) is 22.4 Å². The highest BCUT2D eigenvalue weighted by Crippen LogP contribution is 2.29. The first-order chi connectivity index (χ1) is 18.1. The number of hydrogen-bond acceptors (Lipinski definition) is 8. The molecule has 0 bridgehead atoms. The molecule has 0 aliphatic carbocycles. The number of aryl methyl sites for hydroxylation is 1. The fourth-order valence-electron chi connectivity index (χ4n) is 3.97. The van der Waals surface area contributed by atoms with E-state index < -0.39 is 6.03 Å². The molecule has 0 unspecified atom stereocenters. The molecule has 194 valence electrons. The number of nitrogens with zero attached hydrogens (tertiary/aromatic N) is 6. The van der Waals surface area contributed by atoms with Crippen LogP contribution in [0.5, 0.6) is 0 Å². The second-order valence-corrected chi connectivity index (χ2v) is 9.72. The third kappa shape index (κ3) is 4.71. The maximum Gasteiger partial charge on any atom is 0.323 e. The normalized spacial score (nSPS) is 11.5. The number of pyridine rings is 1. The highest BCUT2D eigenvalue weighted by Gasteiger charge is 2.21. The Morgan fingerprint density at radius 1 is 1.08 bits per heavy atom. The lowest BCUT2D eigenvalue weighted by molar-refractivity contribution is 0.262. The van der Waals surface area contributed by atoms with Crippen LogP contribution in [0.4, 0.5) is 22.1 Å². The van der Waals surface area contributed by atoms with Crippen molar-refractivity contribution < 1.29 is 9.32 Å². The smallest absolute Gasteiger partial charge is 0.323 e. The first-order valence-corrected chi connectivity index (χ1v) is 11.9. The van der Waals surface area contributed by atoms with Crippen molar-refractivity contribution in [2.24, 2.45) is 7.05 Å². The van der Waals surface area contributed by atoms with Crippen LogP contribution < -0.4 is 21.5 Å². The van der Waals surface area contributed by atoms with Crippen molar-refractivity contribution in [3.63, 3.8) is 0 Å². The van der Waals surface area contributed by atoms with Crippen LogP contribution in [0.15, 0.2) is 64.5 Å². The van der Waals surface area contributed by atoms with Gasteiger partial charge in [-0.25, -0.2) is 9.78 Å². The Balaban J connectivity index is 1.42. The molecule has 4 heterocycles. The van der Waals surface area contributed by atoms with Crippen molar-refractivity contribution in [2.45, 2.75) is 26.3 Å². The van der Waals surface area contributed by atoms with Gasteiger partial charge in [0.15, 0.2) is 0 Å². The predicted octanol–water partition coefficient (Wildman–Crippen LogP) is 4.29. The largest absolute Gasteiger partial charge is 0.364 e. The van der Waals surface area contributed by atoms with Crippen molar-refractivity contribution in [1.82, 2.24) is 29.5 Å². The lowest BCUT2D eigenvalue weighted by Crippen LogP contribution is -2.22. The van der Waals surface area contributed by atoms with Crippen molar-refractivity contribution in [1.29, 1.82) is 0 Å². The Morgan fingerprint density at radius 2 is 1.89 bits per heavy atom. The van der Waals surface area contributed by atoms with Crippen molar-refractivity contribution in [2.75, 3.05) is 23.0 Å². The van der Waals surface area contributed by atoms with E-state index in [1.807, 2.05) is 26.8 Å². The van der Waals surface area contributed by atoms with Crippen LogP contribution in [0.1, 0.15) is 20.8 Å². The topological polar surface area (TPSA) is 145 Å². The van der Waals surface area contributed by atoms with Crippen LogP contribution in [0.25, 0.3) is 33.4 Å². The SMILES string of the molecule is CNc1ncc2cc(-c3cccc(NC(=O)Nc4cn(C(C)(C)C)nc4-c4cnoc4)c3)c(=O)n(C)c2n1. The van der Waals surface area contributed by atoms with Crippen LogP contribution in [0.2, 0.25) is 0 Å². The molecule has 12 nitrogen and oxygen atoms in total. The number of aromatic nitrogens is 6. The third-order valence-electron chi connectivity index (χ3n) is 5.96. The number of carbonyl (C=O) groups excluding carboxylic acids is 1. The molecular weight excluding hydrogens is 486 g/mol. The third-order valence-corrected chi connectivity index (χ3v) is 5.96. The zero-order valence-electron chi connectivity index (χ0n) is 21.6. The average Bonchev–Trinajstić information content (AvgIpc) is 3.56. The molecule has 0 radical (unpaired) electrons. The molecule has 38 heavy (non-hydrogen) atoms. The molecule has 5 rings (SSSR count). The molecule has 4 aromatic heterocycles. The number of carbonyl (C=O) groups is 1. The first kappa shape index (κ1) is 24.7. The molecule has 0 aliphatic heterocycles. The second kappa shape index (κ2) is 9.47. The minimum Gasteiger partial charge on any atom is -0.364 e. The lowest BCUT2D eigenvalue weighted by atomic mass is 10.1. The van der Waals surface area contributed by atoms with Gasteiger partial charge in [0, 0.05) is 43.1 Å². The molecule has 12 heteroatoms. The van der Waals surface area contributed by atoms with Gasteiger partial charge in [-0.1, -0.05) is 17.3 Å². The van der Waals surface area contributed by atoms with E-state index in [0.29, 0.717) is 50.7 Å². The summed E-state index contributed by atoms with van der Waals surface area (Å²) in [6.07, 6.45) is 6.43. The molecule has 0 saturated carbocycles. The van der Waals surface area contributed by atoms with Gasteiger partial charge >= 0.3 is 6.03 Å². The number of rotatable bonds is 5. The number of nitrogens with one attached hydrogen (secondary N) is 3. The molecular formula is C26H27N9O3. The van der Waals surface area contributed by atoms with Crippen LogP contribution >= 0.6 is 0 Å². The van der Waals surface area contributed by atoms with Gasteiger partial charge in [-0.15, -0.1) is 0 Å². The fourth-order valence-corrected chi connectivity index (χ4v) is 3.97. The van der Waals surface area contributed by atoms with Gasteiger partial charge in [-0.2, -0.15) is 10.1 Å². The first-order valence-electron chi connectivity index (χ1n) is 11.9. The van der Waals surface area contributed by atoms with E-state index in [4.69, 9.17) is 4.52 Å². The summed E-state index contributed by atoms with van der Waals surface area (Å²) in [5, 5.41) is 17.7. The maximum atomic E-state index is 13.2. The van der Waals surface area contributed by atoms with Gasteiger partial charge in [-0.3, -0.25) is 14.0 Å². The molecule has 0 atom stereocenters. The summed E-state index contributed by atoms with van der Waals surface area (Å²) in [5.41, 5.74) is 3.30. The Labute approximate surface area is 217 Å². The summed E-state index contributed by atoms with van der Waals surface area (Å²) in [5.74, 6) is 0.428. The zero-order chi connectivity index (χ0) is 27.0. The van der Waals surface area contributed by atoms with Crippen LogP contribution in [-0.2, 0) is 12.6 Å². The van der Waals surface area contributed by atoms with Crippen LogP contribution in [-0.4, -0.2) is 42.6 Å². The molecule has 5 aromatic rings. The maximum absolute atomic E-state index is 13.2. The summed E-state index contributed by atoms with van der Waals surface area (Å²) in [6.45, 7) is 6.03. The second-order valence-electron chi connectivity index (χ2n) is 9.72.